The van der Waals surface area contributed by atoms with Crippen LogP contribution in [0.15, 0.2) is 4.99 Å². The molecule has 2 aliphatic heterocycles. The number of rotatable bonds is 7. The molecule has 2 saturated heterocycles. The summed E-state index contributed by atoms with van der Waals surface area (Å²) < 4.78 is 5.49. The van der Waals surface area contributed by atoms with Crippen LogP contribution in [0.25, 0.3) is 0 Å². The van der Waals surface area contributed by atoms with E-state index in [4.69, 9.17) is 9.73 Å². The summed E-state index contributed by atoms with van der Waals surface area (Å²) in [7, 11) is 2.12. The van der Waals surface area contributed by atoms with Crippen LogP contribution < -0.4 is 5.32 Å². The number of carbonyl (C=O) groups is 1. The molecule has 0 aromatic carbocycles. The molecule has 0 bridgehead atoms. The van der Waals surface area contributed by atoms with Crippen LogP contribution in [0.3, 0.4) is 0 Å². The Morgan fingerprint density at radius 3 is 2.59 bits per heavy atom. The van der Waals surface area contributed by atoms with Crippen LogP contribution in [0, 0.1) is 11.8 Å². The van der Waals surface area contributed by atoms with Crippen molar-refractivity contribution in [1.29, 1.82) is 0 Å². The van der Waals surface area contributed by atoms with E-state index in [9.17, 15) is 4.79 Å². The van der Waals surface area contributed by atoms with Crippen molar-refractivity contribution in [1.82, 2.24) is 20.0 Å². The lowest BCUT2D eigenvalue weighted by atomic mass is 9.84. The van der Waals surface area contributed by atoms with Crippen LogP contribution in [0.1, 0.15) is 32.6 Å². The Bertz CT molecular complexity index is 495. The zero-order chi connectivity index (χ0) is 19.1. The van der Waals surface area contributed by atoms with Crippen LogP contribution in [0.4, 0.5) is 0 Å². The van der Waals surface area contributed by atoms with E-state index in [1.807, 2.05) is 0 Å². The first-order valence-electron chi connectivity index (χ1n) is 10.8. The van der Waals surface area contributed by atoms with Crippen LogP contribution in [0.2, 0.25) is 0 Å². The molecule has 7 nitrogen and oxygen atoms in total. The maximum Gasteiger partial charge on any atom is 0.225 e. The third kappa shape index (κ3) is 5.82. The largest absolute Gasteiger partial charge is 0.381 e. The van der Waals surface area contributed by atoms with Gasteiger partial charge in [0.05, 0.1) is 13.2 Å². The van der Waals surface area contributed by atoms with Crippen LogP contribution >= 0.6 is 0 Å². The Hall–Kier alpha value is -1.34. The van der Waals surface area contributed by atoms with Gasteiger partial charge in [0.2, 0.25) is 5.91 Å². The summed E-state index contributed by atoms with van der Waals surface area (Å²) in [5, 5.41) is 3.41. The van der Waals surface area contributed by atoms with E-state index in [1.165, 1.54) is 6.42 Å². The Morgan fingerprint density at radius 2 is 2.00 bits per heavy atom. The fourth-order valence-corrected chi connectivity index (χ4v) is 4.07. The van der Waals surface area contributed by atoms with Crippen LogP contribution in [-0.4, -0.2) is 99.2 Å². The molecule has 0 spiro atoms. The number of hydrogen-bond donors (Lipinski definition) is 1. The predicted octanol–water partition coefficient (Wildman–Crippen LogP) is 0.865. The maximum atomic E-state index is 12.3. The number of nitrogens with zero attached hydrogens (tertiary/aromatic N) is 4. The van der Waals surface area contributed by atoms with Crippen molar-refractivity contribution in [3.8, 4) is 0 Å². The first-order valence-corrected chi connectivity index (χ1v) is 10.8. The molecule has 27 heavy (non-hydrogen) atoms. The number of amides is 1. The first-order chi connectivity index (χ1) is 13.2. The Labute approximate surface area is 164 Å². The third-order valence-electron chi connectivity index (χ3n) is 6.07. The van der Waals surface area contributed by atoms with Gasteiger partial charge in [-0.15, -0.1) is 0 Å². The summed E-state index contributed by atoms with van der Waals surface area (Å²) in [4.78, 5) is 23.9. The van der Waals surface area contributed by atoms with E-state index in [0.717, 1.165) is 90.8 Å². The first kappa shape index (κ1) is 20.4. The van der Waals surface area contributed by atoms with Crippen molar-refractivity contribution in [3.63, 3.8) is 0 Å². The van der Waals surface area contributed by atoms with Crippen molar-refractivity contribution in [2.45, 2.75) is 32.6 Å². The normalized spacial score (nSPS) is 24.7. The van der Waals surface area contributed by atoms with Gasteiger partial charge in [0.15, 0.2) is 5.96 Å². The molecule has 1 atom stereocenters. The van der Waals surface area contributed by atoms with Gasteiger partial charge in [0, 0.05) is 71.3 Å². The van der Waals surface area contributed by atoms with Crippen LogP contribution in [-0.2, 0) is 9.53 Å². The molecule has 0 radical (unpaired) electrons. The number of piperazine rings is 1. The van der Waals surface area contributed by atoms with Gasteiger partial charge in [0.25, 0.3) is 0 Å². The van der Waals surface area contributed by atoms with Crippen molar-refractivity contribution >= 4 is 11.9 Å². The lowest BCUT2D eigenvalue weighted by Crippen LogP contribution is -2.51. The number of guanidine groups is 1. The Morgan fingerprint density at radius 1 is 1.22 bits per heavy atom. The minimum atomic E-state index is 0.324. The summed E-state index contributed by atoms with van der Waals surface area (Å²) >= 11 is 0. The van der Waals surface area contributed by atoms with Crippen molar-refractivity contribution in [2.24, 2.45) is 16.8 Å². The molecule has 1 aliphatic carbocycles. The molecular formula is C20H37N5O2. The molecular weight excluding hydrogens is 342 g/mol. The smallest absolute Gasteiger partial charge is 0.225 e. The quantitative estimate of drug-likeness (QED) is 0.525. The monoisotopic (exact) mass is 379 g/mol. The fourth-order valence-electron chi connectivity index (χ4n) is 4.07. The number of nitrogens with one attached hydrogen (secondary N) is 1. The van der Waals surface area contributed by atoms with Gasteiger partial charge in [-0.25, -0.2) is 0 Å². The standard InChI is InChI=1S/C20H37N5O2/c1-3-21-20(23(2)15-17-7-14-27-16-17)22-8-9-24-10-12-25(13-11-24)19(26)18-5-4-6-18/h17-18H,3-16H2,1-2H3,(H,21,22). The second kappa shape index (κ2) is 10.3. The van der Waals surface area contributed by atoms with Gasteiger partial charge in [-0.05, 0) is 26.2 Å². The average molecular weight is 380 g/mol. The topological polar surface area (TPSA) is 60.4 Å². The predicted molar refractivity (Wildman–Crippen MR) is 108 cm³/mol. The molecule has 2 heterocycles. The van der Waals surface area contributed by atoms with Gasteiger partial charge >= 0.3 is 0 Å². The Balaban J connectivity index is 1.39. The summed E-state index contributed by atoms with van der Waals surface area (Å²) in [5.74, 6) is 2.32. The fraction of sp³-hybridized carbons (Fsp3) is 0.900. The molecule has 1 amide bonds. The minimum absolute atomic E-state index is 0.324. The molecule has 0 aromatic rings. The zero-order valence-electron chi connectivity index (χ0n) is 17.2. The molecule has 1 saturated carbocycles. The van der Waals surface area contributed by atoms with E-state index < -0.39 is 0 Å². The van der Waals surface area contributed by atoms with E-state index in [0.29, 0.717) is 17.7 Å². The molecule has 154 valence electrons. The minimum Gasteiger partial charge on any atom is -0.381 e. The second-order valence-corrected chi connectivity index (χ2v) is 8.14. The highest BCUT2D eigenvalue weighted by atomic mass is 16.5. The third-order valence-corrected chi connectivity index (χ3v) is 6.07. The lowest BCUT2D eigenvalue weighted by Gasteiger charge is -2.38. The van der Waals surface area contributed by atoms with Gasteiger partial charge in [-0.1, -0.05) is 6.42 Å². The average Bonchev–Trinajstić information content (AvgIpc) is 3.13. The summed E-state index contributed by atoms with van der Waals surface area (Å²) in [6.45, 7) is 11.2. The number of hydrogen-bond acceptors (Lipinski definition) is 4. The van der Waals surface area contributed by atoms with Gasteiger partial charge in [-0.3, -0.25) is 14.7 Å². The second-order valence-electron chi connectivity index (χ2n) is 8.14. The van der Waals surface area contributed by atoms with E-state index in [2.05, 4.69) is 34.0 Å². The highest BCUT2D eigenvalue weighted by Gasteiger charge is 2.31. The van der Waals surface area contributed by atoms with Crippen molar-refractivity contribution in [3.05, 3.63) is 0 Å². The van der Waals surface area contributed by atoms with E-state index >= 15 is 0 Å². The number of carbonyl (C=O) groups excluding carboxylic acids is 1. The van der Waals surface area contributed by atoms with E-state index in [1.54, 1.807) is 0 Å². The highest BCUT2D eigenvalue weighted by Crippen LogP contribution is 2.28. The lowest BCUT2D eigenvalue weighted by molar-refractivity contribution is -0.139. The van der Waals surface area contributed by atoms with Crippen molar-refractivity contribution < 1.29 is 9.53 Å². The van der Waals surface area contributed by atoms with Crippen LogP contribution in [0.5, 0.6) is 0 Å². The zero-order valence-corrected chi connectivity index (χ0v) is 17.2. The Kier molecular flexibility index (Phi) is 7.76. The summed E-state index contributed by atoms with van der Waals surface area (Å²) in [5.41, 5.74) is 0. The van der Waals surface area contributed by atoms with E-state index in [-0.39, 0.29) is 0 Å². The van der Waals surface area contributed by atoms with Crippen molar-refractivity contribution in [2.75, 3.05) is 72.6 Å². The molecule has 0 aromatic heterocycles. The van der Waals surface area contributed by atoms with Gasteiger partial charge in [0.1, 0.15) is 0 Å². The summed E-state index contributed by atoms with van der Waals surface area (Å²) in [6.07, 6.45) is 4.57. The molecule has 3 fully saturated rings. The van der Waals surface area contributed by atoms with Gasteiger partial charge in [-0.2, -0.15) is 0 Å². The highest BCUT2D eigenvalue weighted by molar-refractivity contribution is 5.80. The summed E-state index contributed by atoms with van der Waals surface area (Å²) in [6, 6.07) is 0. The SMILES string of the molecule is CCNC(=NCCN1CCN(C(=O)C2CCC2)CC1)N(C)CC1CCOC1. The molecule has 3 rings (SSSR count). The van der Waals surface area contributed by atoms with Gasteiger partial charge < -0.3 is 19.9 Å². The maximum absolute atomic E-state index is 12.3. The molecule has 3 aliphatic rings. The molecule has 7 heteroatoms. The molecule has 1 unspecified atom stereocenters. The number of aliphatic imine (C=N–C) groups is 1. The molecule has 1 N–H and O–H groups in total. The number of ether oxygens (including phenoxy) is 1.